The van der Waals surface area contributed by atoms with E-state index in [9.17, 15) is 9.50 Å². The lowest BCUT2D eigenvalue weighted by Crippen LogP contribution is -2.01. The van der Waals surface area contributed by atoms with Gasteiger partial charge in [0, 0.05) is 6.42 Å². The first-order chi connectivity index (χ1) is 8.56. The molecule has 0 saturated carbocycles. The van der Waals surface area contributed by atoms with Crippen LogP contribution < -0.4 is 0 Å². The molecule has 2 aromatic rings. The Hall–Kier alpha value is -1.09. The summed E-state index contributed by atoms with van der Waals surface area (Å²) < 4.78 is 12.7. The monoisotopic (exact) mass is 284 g/mol. The molecule has 4 heteroatoms. The van der Waals surface area contributed by atoms with Gasteiger partial charge in [0.05, 0.1) is 16.1 Å². The van der Waals surface area contributed by atoms with Crippen molar-refractivity contribution in [2.75, 3.05) is 0 Å². The van der Waals surface area contributed by atoms with E-state index in [1.54, 1.807) is 30.3 Å². The van der Waals surface area contributed by atoms with Crippen LogP contribution in [0.15, 0.2) is 42.5 Å². The van der Waals surface area contributed by atoms with Gasteiger partial charge in [-0.1, -0.05) is 41.4 Å². The van der Waals surface area contributed by atoms with Gasteiger partial charge in [0.1, 0.15) is 5.82 Å². The van der Waals surface area contributed by atoms with Crippen molar-refractivity contribution in [2.24, 2.45) is 0 Å². The zero-order valence-corrected chi connectivity index (χ0v) is 10.9. The molecule has 1 unspecified atom stereocenters. The summed E-state index contributed by atoms with van der Waals surface area (Å²) >= 11 is 11.7. The average Bonchev–Trinajstić information content (AvgIpc) is 2.35. The molecule has 0 spiro atoms. The number of halogens is 3. The highest BCUT2D eigenvalue weighted by atomic mass is 35.5. The second-order valence-electron chi connectivity index (χ2n) is 4.02. The number of rotatable bonds is 3. The fourth-order valence-corrected chi connectivity index (χ4v) is 1.99. The van der Waals surface area contributed by atoms with Gasteiger partial charge >= 0.3 is 0 Å². The first-order valence-electron chi connectivity index (χ1n) is 5.44. The van der Waals surface area contributed by atoms with Crippen molar-refractivity contribution in [3.63, 3.8) is 0 Å². The van der Waals surface area contributed by atoms with E-state index in [0.717, 1.165) is 5.56 Å². The van der Waals surface area contributed by atoms with Gasteiger partial charge in [0.25, 0.3) is 0 Å². The molecule has 0 aromatic heterocycles. The molecule has 2 rings (SSSR count). The van der Waals surface area contributed by atoms with Gasteiger partial charge in [-0.15, -0.1) is 0 Å². The largest absolute Gasteiger partial charge is 0.388 e. The predicted molar refractivity (Wildman–Crippen MR) is 71.5 cm³/mol. The minimum atomic E-state index is -0.690. The summed E-state index contributed by atoms with van der Waals surface area (Å²) in [5.41, 5.74) is 1.55. The van der Waals surface area contributed by atoms with Gasteiger partial charge in [0.15, 0.2) is 0 Å². The van der Waals surface area contributed by atoms with Crippen molar-refractivity contribution in [1.82, 2.24) is 0 Å². The standard InChI is InChI=1S/C14H11Cl2FO/c15-12-6-3-10(8-13(12)16)14(18)7-9-1-4-11(17)5-2-9/h1-6,8,14,18H,7H2. The van der Waals surface area contributed by atoms with E-state index in [1.165, 1.54) is 12.1 Å². The molecule has 0 aliphatic heterocycles. The average molecular weight is 285 g/mol. The summed E-state index contributed by atoms with van der Waals surface area (Å²) in [6, 6.07) is 11.0. The molecule has 0 aliphatic carbocycles. The second-order valence-corrected chi connectivity index (χ2v) is 4.83. The number of hydrogen-bond acceptors (Lipinski definition) is 1. The van der Waals surface area contributed by atoms with E-state index in [2.05, 4.69) is 0 Å². The summed E-state index contributed by atoms with van der Waals surface area (Å²) in [6.45, 7) is 0. The Morgan fingerprint density at radius 1 is 1.00 bits per heavy atom. The van der Waals surface area contributed by atoms with E-state index >= 15 is 0 Å². The molecule has 2 aromatic carbocycles. The van der Waals surface area contributed by atoms with Crippen LogP contribution in [0.2, 0.25) is 10.0 Å². The minimum Gasteiger partial charge on any atom is -0.388 e. The lowest BCUT2D eigenvalue weighted by Gasteiger charge is -2.12. The van der Waals surface area contributed by atoms with Gasteiger partial charge in [-0.25, -0.2) is 4.39 Å². The lowest BCUT2D eigenvalue weighted by molar-refractivity contribution is 0.178. The molecule has 94 valence electrons. The van der Waals surface area contributed by atoms with Crippen LogP contribution in [0.3, 0.4) is 0 Å². The predicted octanol–water partition coefficient (Wildman–Crippen LogP) is 4.41. The minimum absolute atomic E-state index is 0.289. The van der Waals surface area contributed by atoms with E-state index in [-0.39, 0.29) is 5.82 Å². The van der Waals surface area contributed by atoms with Gasteiger partial charge in [-0.3, -0.25) is 0 Å². The third kappa shape index (κ3) is 3.22. The summed E-state index contributed by atoms with van der Waals surface area (Å²) in [6.07, 6.45) is -0.289. The van der Waals surface area contributed by atoms with Crippen LogP contribution in [0.1, 0.15) is 17.2 Å². The van der Waals surface area contributed by atoms with Gasteiger partial charge in [0.2, 0.25) is 0 Å². The van der Waals surface area contributed by atoms with Crippen molar-refractivity contribution < 1.29 is 9.50 Å². The Morgan fingerprint density at radius 3 is 2.28 bits per heavy atom. The summed E-state index contributed by atoms with van der Waals surface area (Å²) in [4.78, 5) is 0. The topological polar surface area (TPSA) is 20.2 Å². The van der Waals surface area contributed by atoms with Crippen molar-refractivity contribution in [3.05, 3.63) is 69.5 Å². The Balaban J connectivity index is 2.13. The number of hydrogen-bond donors (Lipinski definition) is 1. The third-order valence-electron chi connectivity index (χ3n) is 2.67. The Kier molecular flexibility index (Phi) is 4.23. The molecule has 0 heterocycles. The zero-order chi connectivity index (χ0) is 13.1. The highest BCUT2D eigenvalue weighted by Crippen LogP contribution is 2.27. The first kappa shape index (κ1) is 13.3. The molecule has 0 bridgehead atoms. The van der Waals surface area contributed by atoms with Crippen molar-refractivity contribution in [1.29, 1.82) is 0 Å². The Morgan fingerprint density at radius 2 is 1.67 bits per heavy atom. The quantitative estimate of drug-likeness (QED) is 0.885. The molecule has 1 N–H and O–H groups in total. The van der Waals surface area contributed by atoms with Crippen LogP contribution in [-0.4, -0.2) is 5.11 Å². The van der Waals surface area contributed by atoms with Gasteiger partial charge in [-0.05, 0) is 35.4 Å². The summed E-state index contributed by atoms with van der Waals surface area (Å²) in [7, 11) is 0. The lowest BCUT2D eigenvalue weighted by atomic mass is 10.0. The van der Waals surface area contributed by atoms with Crippen molar-refractivity contribution >= 4 is 23.2 Å². The van der Waals surface area contributed by atoms with E-state index in [4.69, 9.17) is 23.2 Å². The zero-order valence-electron chi connectivity index (χ0n) is 9.41. The van der Waals surface area contributed by atoms with Gasteiger partial charge < -0.3 is 5.11 Å². The Labute approximate surface area is 115 Å². The molecule has 0 aliphatic rings. The molecule has 1 atom stereocenters. The highest BCUT2D eigenvalue weighted by molar-refractivity contribution is 6.42. The van der Waals surface area contributed by atoms with Crippen LogP contribution in [0.5, 0.6) is 0 Å². The van der Waals surface area contributed by atoms with Crippen molar-refractivity contribution in [2.45, 2.75) is 12.5 Å². The van der Waals surface area contributed by atoms with E-state index in [1.807, 2.05) is 0 Å². The van der Waals surface area contributed by atoms with E-state index in [0.29, 0.717) is 22.0 Å². The maximum atomic E-state index is 12.7. The highest BCUT2D eigenvalue weighted by Gasteiger charge is 2.10. The molecular formula is C14H11Cl2FO. The fraction of sp³-hybridized carbons (Fsp3) is 0.143. The molecule has 1 nitrogen and oxygen atoms in total. The van der Waals surface area contributed by atoms with Crippen molar-refractivity contribution in [3.8, 4) is 0 Å². The summed E-state index contributed by atoms with van der Waals surface area (Å²) in [5.74, 6) is -0.289. The normalized spacial score (nSPS) is 12.4. The first-order valence-corrected chi connectivity index (χ1v) is 6.19. The third-order valence-corrected chi connectivity index (χ3v) is 3.41. The fourth-order valence-electron chi connectivity index (χ4n) is 1.68. The smallest absolute Gasteiger partial charge is 0.123 e. The Bertz CT molecular complexity index is 540. The molecule has 18 heavy (non-hydrogen) atoms. The van der Waals surface area contributed by atoms with E-state index < -0.39 is 6.10 Å². The van der Waals surface area contributed by atoms with Crippen LogP contribution in [0, 0.1) is 5.82 Å². The molecule has 0 amide bonds. The molecule has 0 fully saturated rings. The molecular weight excluding hydrogens is 274 g/mol. The molecule has 0 radical (unpaired) electrons. The van der Waals surface area contributed by atoms with Crippen LogP contribution in [0.4, 0.5) is 4.39 Å². The SMILES string of the molecule is OC(Cc1ccc(F)cc1)c1ccc(Cl)c(Cl)c1. The molecule has 0 saturated heterocycles. The number of benzene rings is 2. The maximum Gasteiger partial charge on any atom is 0.123 e. The number of aliphatic hydroxyl groups excluding tert-OH is 1. The number of aliphatic hydroxyl groups is 1. The second kappa shape index (κ2) is 5.70. The maximum absolute atomic E-state index is 12.7. The van der Waals surface area contributed by atoms with Crippen LogP contribution in [-0.2, 0) is 6.42 Å². The summed E-state index contributed by atoms with van der Waals surface area (Å²) in [5, 5.41) is 10.9. The van der Waals surface area contributed by atoms with Gasteiger partial charge in [-0.2, -0.15) is 0 Å². The van der Waals surface area contributed by atoms with Crippen LogP contribution >= 0.6 is 23.2 Å². The van der Waals surface area contributed by atoms with Crippen LogP contribution in [0.25, 0.3) is 0 Å².